The first-order chi connectivity index (χ1) is 6.12. The molecule has 0 aromatic carbocycles. The summed E-state index contributed by atoms with van der Waals surface area (Å²) < 4.78 is 0. The lowest BCUT2D eigenvalue weighted by Gasteiger charge is -2.39. The maximum atomic E-state index is 12.0. The molecular weight excluding hydrogens is 162 g/mol. The average Bonchev–Trinajstić information content (AvgIpc) is 2.46. The summed E-state index contributed by atoms with van der Waals surface area (Å²) in [6.45, 7) is 6.35. The van der Waals surface area contributed by atoms with Gasteiger partial charge in [-0.25, -0.2) is 0 Å². The van der Waals surface area contributed by atoms with Gasteiger partial charge in [0, 0.05) is 18.5 Å². The molecule has 74 valence electrons. The minimum absolute atomic E-state index is 0.0179. The van der Waals surface area contributed by atoms with Crippen molar-refractivity contribution < 1.29 is 4.79 Å². The molecule has 1 aliphatic heterocycles. The van der Waals surface area contributed by atoms with E-state index in [4.69, 9.17) is 0 Å². The van der Waals surface area contributed by atoms with Gasteiger partial charge in [-0.3, -0.25) is 4.79 Å². The highest BCUT2D eigenvalue weighted by atomic mass is 16.2. The monoisotopic (exact) mass is 181 g/mol. The highest BCUT2D eigenvalue weighted by Gasteiger charge is 2.42. The molecule has 0 spiro atoms. The van der Waals surface area contributed by atoms with Crippen LogP contribution in [0.5, 0.6) is 0 Å². The van der Waals surface area contributed by atoms with E-state index < -0.39 is 0 Å². The van der Waals surface area contributed by atoms with E-state index in [2.05, 4.69) is 18.7 Å². The maximum absolute atomic E-state index is 12.0. The van der Waals surface area contributed by atoms with E-state index in [-0.39, 0.29) is 5.41 Å². The van der Waals surface area contributed by atoms with Gasteiger partial charge in [0.25, 0.3) is 0 Å². The molecule has 0 N–H and O–H groups in total. The lowest BCUT2D eigenvalue weighted by molar-refractivity contribution is -0.144. The van der Waals surface area contributed by atoms with E-state index in [1.54, 1.807) is 0 Å². The van der Waals surface area contributed by atoms with Gasteiger partial charge in [0.15, 0.2) is 0 Å². The summed E-state index contributed by atoms with van der Waals surface area (Å²) in [5.74, 6) is 1.13. The van der Waals surface area contributed by atoms with Crippen molar-refractivity contribution in [2.75, 3.05) is 13.1 Å². The topological polar surface area (TPSA) is 20.3 Å². The Labute approximate surface area is 80.3 Å². The van der Waals surface area contributed by atoms with Crippen LogP contribution in [0.3, 0.4) is 0 Å². The first-order valence-corrected chi connectivity index (χ1v) is 5.41. The van der Waals surface area contributed by atoms with Gasteiger partial charge in [-0.1, -0.05) is 20.3 Å². The molecule has 0 radical (unpaired) electrons. The molecule has 2 aliphatic rings. The standard InChI is InChI=1S/C11H19NO/c1-9-4-7-12(8-9)10(13)11(2)5-3-6-11/h9H,3-8H2,1-2H3. The second kappa shape index (κ2) is 3.00. The van der Waals surface area contributed by atoms with Gasteiger partial charge < -0.3 is 4.90 Å². The maximum Gasteiger partial charge on any atom is 0.228 e. The van der Waals surface area contributed by atoms with Gasteiger partial charge in [-0.15, -0.1) is 0 Å². The van der Waals surface area contributed by atoms with Gasteiger partial charge >= 0.3 is 0 Å². The number of rotatable bonds is 1. The van der Waals surface area contributed by atoms with Crippen molar-refractivity contribution in [1.29, 1.82) is 0 Å². The highest BCUT2D eigenvalue weighted by molar-refractivity contribution is 5.83. The SMILES string of the molecule is CC1CCN(C(=O)C2(C)CCC2)C1. The van der Waals surface area contributed by atoms with Crippen molar-refractivity contribution in [1.82, 2.24) is 4.90 Å². The molecule has 1 aliphatic carbocycles. The van der Waals surface area contributed by atoms with Crippen LogP contribution in [0.1, 0.15) is 39.5 Å². The molecule has 0 aromatic rings. The lowest BCUT2D eigenvalue weighted by atomic mass is 9.69. The third kappa shape index (κ3) is 1.47. The zero-order valence-corrected chi connectivity index (χ0v) is 8.68. The molecule has 1 unspecified atom stereocenters. The summed E-state index contributed by atoms with van der Waals surface area (Å²) in [5.41, 5.74) is 0.0179. The Bertz CT molecular complexity index is 220. The Hall–Kier alpha value is -0.530. The van der Waals surface area contributed by atoms with Gasteiger partial charge in [-0.05, 0) is 25.2 Å². The fraction of sp³-hybridized carbons (Fsp3) is 0.909. The summed E-state index contributed by atoms with van der Waals surface area (Å²) in [6.07, 6.45) is 4.65. The zero-order valence-electron chi connectivity index (χ0n) is 8.68. The molecule has 2 nitrogen and oxygen atoms in total. The van der Waals surface area contributed by atoms with Crippen molar-refractivity contribution in [3.05, 3.63) is 0 Å². The summed E-state index contributed by atoms with van der Waals surface area (Å²) in [6, 6.07) is 0. The Kier molecular flexibility index (Phi) is 2.09. The van der Waals surface area contributed by atoms with E-state index in [0.29, 0.717) is 11.8 Å². The van der Waals surface area contributed by atoms with Crippen LogP contribution in [-0.4, -0.2) is 23.9 Å². The minimum Gasteiger partial charge on any atom is -0.342 e. The molecule has 1 amide bonds. The van der Waals surface area contributed by atoms with Crippen LogP contribution in [-0.2, 0) is 4.79 Å². The van der Waals surface area contributed by atoms with Gasteiger partial charge in [0.1, 0.15) is 0 Å². The molecule has 0 aromatic heterocycles. The summed E-state index contributed by atoms with van der Waals surface area (Å²) in [5, 5.41) is 0. The van der Waals surface area contributed by atoms with Crippen molar-refractivity contribution in [2.45, 2.75) is 39.5 Å². The van der Waals surface area contributed by atoms with Crippen molar-refractivity contribution >= 4 is 5.91 Å². The zero-order chi connectivity index (χ0) is 9.47. The van der Waals surface area contributed by atoms with Crippen LogP contribution >= 0.6 is 0 Å². The number of nitrogens with zero attached hydrogens (tertiary/aromatic N) is 1. The van der Waals surface area contributed by atoms with Crippen LogP contribution in [0.2, 0.25) is 0 Å². The molecule has 2 fully saturated rings. The third-order valence-electron chi connectivity index (χ3n) is 3.68. The molecule has 2 heteroatoms. The average molecular weight is 181 g/mol. The number of hydrogen-bond acceptors (Lipinski definition) is 1. The summed E-state index contributed by atoms with van der Waals surface area (Å²) in [4.78, 5) is 14.1. The Morgan fingerprint density at radius 2 is 2.15 bits per heavy atom. The molecule has 1 saturated carbocycles. The van der Waals surface area contributed by atoms with Gasteiger partial charge in [0.2, 0.25) is 5.91 Å². The van der Waals surface area contributed by atoms with Gasteiger partial charge in [-0.2, -0.15) is 0 Å². The smallest absolute Gasteiger partial charge is 0.228 e. The number of carbonyl (C=O) groups excluding carboxylic acids is 1. The van der Waals surface area contributed by atoms with Crippen LogP contribution in [0.25, 0.3) is 0 Å². The molecule has 2 rings (SSSR count). The quantitative estimate of drug-likeness (QED) is 0.606. The van der Waals surface area contributed by atoms with E-state index in [0.717, 1.165) is 25.9 Å². The van der Waals surface area contributed by atoms with Crippen LogP contribution < -0.4 is 0 Å². The molecular formula is C11H19NO. The predicted octanol–water partition coefficient (Wildman–Crippen LogP) is 2.04. The highest BCUT2D eigenvalue weighted by Crippen LogP contribution is 2.42. The third-order valence-corrected chi connectivity index (χ3v) is 3.68. The number of amides is 1. The van der Waals surface area contributed by atoms with Crippen molar-refractivity contribution in [3.63, 3.8) is 0 Å². The van der Waals surface area contributed by atoms with E-state index >= 15 is 0 Å². The Morgan fingerprint density at radius 3 is 2.54 bits per heavy atom. The Morgan fingerprint density at radius 1 is 1.46 bits per heavy atom. The normalized spacial score (nSPS) is 31.5. The van der Waals surface area contributed by atoms with E-state index in [1.807, 2.05) is 0 Å². The fourth-order valence-electron chi connectivity index (χ4n) is 2.42. The van der Waals surface area contributed by atoms with Crippen LogP contribution in [0, 0.1) is 11.3 Å². The van der Waals surface area contributed by atoms with Crippen LogP contribution in [0.4, 0.5) is 0 Å². The molecule has 13 heavy (non-hydrogen) atoms. The fourth-order valence-corrected chi connectivity index (χ4v) is 2.42. The van der Waals surface area contributed by atoms with Crippen LogP contribution in [0.15, 0.2) is 0 Å². The van der Waals surface area contributed by atoms with E-state index in [1.165, 1.54) is 12.8 Å². The van der Waals surface area contributed by atoms with Crippen molar-refractivity contribution in [3.8, 4) is 0 Å². The summed E-state index contributed by atoms with van der Waals surface area (Å²) in [7, 11) is 0. The first kappa shape index (κ1) is 9.04. The second-order valence-electron chi connectivity index (χ2n) is 5.06. The molecule has 1 saturated heterocycles. The molecule has 1 atom stereocenters. The number of carbonyl (C=O) groups is 1. The minimum atomic E-state index is 0.0179. The van der Waals surface area contributed by atoms with Crippen molar-refractivity contribution in [2.24, 2.45) is 11.3 Å². The molecule has 1 heterocycles. The number of hydrogen-bond donors (Lipinski definition) is 0. The largest absolute Gasteiger partial charge is 0.342 e. The lowest BCUT2D eigenvalue weighted by Crippen LogP contribution is -2.45. The second-order valence-corrected chi connectivity index (χ2v) is 5.06. The van der Waals surface area contributed by atoms with Gasteiger partial charge in [0.05, 0.1) is 0 Å². The van der Waals surface area contributed by atoms with E-state index in [9.17, 15) is 4.79 Å². The number of likely N-dealkylation sites (tertiary alicyclic amines) is 1. The molecule has 0 bridgehead atoms. The Balaban J connectivity index is 1.97. The summed E-state index contributed by atoms with van der Waals surface area (Å²) >= 11 is 0. The predicted molar refractivity (Wildman–Crippen MR) is 52.3 cm³/mol. The first-order valence-electron chi connectivity index (χ1n) is 5.41.